The SMILES string of the molecule is CS(=O)(=O)N1CCn2nc(CNC(=O)CCN3CCCCC3)cc2C1. The Bertz CT molecular complexity index is 709. The normalized spacial score (nSPS) is 19.6. The van der Waals surface area contributed by atoms with Crippen LogP contribution in [0.15, 0.2) is 6.07 Å². The van der Waals surface area contributed by atoms with E-state index >= 15 is 0 Å². The lowest BCUT2D eigenvalue weighted by atomic mass is 10.1. The number of aromatic nitrogens is 2. The smallest absolute Gasteiger partial charge is 0.221 e. The molecule has 8 nitrogen and oxygen atoms in total. The molecule has 1 aromatic rings. The molecule has 0 bridgehead atoms. The number of hydrogen-bond donors (Lipinski definition) is 1. The van der Waals surface area contributed by atoms with Crippen molar-refractivity contribution in [2.45, 2.75) is 45.3 Å². The van der Waals surface area contributed by atoms with Gasteiger partial charge in [0.25, 0.3) is 0 Å². The Labute approximate surface area is 149 Å². The molecular formula is C16H27N5O3S. The van der Waals surface area contributed by atoms with Crippen molar-refractivity contribution in [3.05, 3.63) is 17.5 Å². The van der Waals surface area contributed by atoms with Gasteiger partial charge in [0.1, 0.15) is 0 Å². The average Bonchev–Trinajstić information content (AvgIpc) is 3.00. The second-order valence-corrected chi connectivity index (χ2v) is 8.86. The van der Waals surface area contributed by atoms with Gasteiger partial charge in [0, 0.05) is 19.5 Å². The molecule has 0 atom stereocenters. The van der Waals surface area contributed by atoms with E-state index in [0.29, 0.717) is 32.6 Å². The summed E-state index contributed by atoms with van der Waals surface area (Å²) >= 11 is 0. The highest BCUT2D eigenvalue weighted by Crippen LogP contribution is 2.16. The van der Waals surface area contributed by atoms with Crippen molar-refractivity contribution in [1.82, 2.24) is 24.3 Å². The third-order valence-corrected chi connectivity index (χ3v) is 6.10. The summed E-state index contributed by atoms with van der Waals surface area (Å²) in [6, 6.07) is 1.88. The summed E-state index contributed by atoms with van der Waals surface area (Å²) in [5.41, 5.74) is 1.64. The number of carbonyl (C=O) groups excluding carboxylic acids is 1. The van der Waals surface area contributed by atoms with Gasteiger partial charge >= 0.3 is 0 Å². The van der Waals surface area contributed by atoms with Gasteiger partial charge < -0.3 is 10.2 Å². The van der Waals surface area contributed by atoms with Crippen LogP contribution in [0.5, 0.6) is 0 Å². The summed E-state index contributed by atoms with van der Waals surface area (Å²) in [7, 11) is -3.19. The summed E-state index contributed by atoms with van der Waals surface area (Å²) in [6.45, 7) is 4.72. The Morgan fingerprint density at radius 2 is 1.96 bits per heavy atom. The maximum Gasteiger partial charge on any atom is 0.221 e. The maximum absolute atomic E-state index is 12.0. The number of likely N-dealkylation sites (tertiary alicyclic amines) is 1. The molecule has 0 saturated carbocycles. The van der Waals surface area contributed by atoms with E-state index < -0.39 is 10.0 Å². The van der Waals surface area contributed by atoms with Crippen molar-refractivity contribution < 1.29 is 13.2 Å². The molecule has 1 fully saturated rings. The van der Waals surface area contributed by atoms with Crippen LogP contribution < -0.4 is 5.32 Å². The van der Waals surface area contributed by atoms with Gasteiger partial charge in [-0.2, -0.15) is 9.40 Å². The molecular weight excluding hydrogens is 342 g/mol. The van der Waals surface area contributed by atoms with E-state index in [0.717, 1.165) is 31.0 Å². The first kappa shape index (κ1) is 18.3. The number of hydrogen-bond acceptors (Lipinski definition) is 5. The number of nitrogens with one attached hydrogen (secondary N) is 1. The molecule has 25 heavy (non-hydrogen) atoms. The van der Waals surface area contributed by atoms with Crippen LogP contribution in [-0.4, -0.2) is 65.7 Å². The maximum atomic E-state index is 12.0. The van der Waals surface area contributed by atoms with Crippen LogP contribution in [0.3, 0.4) is 0 Å². The van der Waals surface area contributed by atoms with Gasteiger partial charge in [-0.05, 0) is 32.0 Å². The molecule has 3 rings (SSSR count). The Morgan fingerprint density at radius 1 is 1.20 bits per heavy atom. The molecule has 9 heteroatoms. The monoisotopic (exact) mass is 369 g/mol. The van der Waals surface area contributed by atoms with Crippen molar-refractivity contribution >= 4 is 15.9 Å². The summed E-state index contributed by atoms with van der Waals surface area (Å²) in [5, 5.41) is 7.38. The van der Waals surface area contributed by atoms with Crippen molar-refractivity contribution in [2.75, 3.05) is 32.4 Å². The molecule has 0 spiro atoms. The molecule has 0 aromatic carbocycles. The fraction of sp³-hybridized carbons (Fsp3) is 0.750. The zero-order valence-corrected chi connectivity index (χ0v) is 15.6. The third-order valence-electron chi connectivity index (χ3n) is 4.85. The number of fused-ring (bicyclic) bond motifs is 1. The zero-order chi connectivity index (χ0) is 17.9. The third kappa shape index (κ3) is 5.02. The molecule has 140 valence electrons. The van der Waals surface area contributed by atoms with E-state index in [1.54, 1.807) is 0 Å². The summed E-state index contributed by atoms with van der Waals surface area (Å²) in [6.07, 6.45) is 5.49. The number of rotatable bonds is 6. The van der Waals surface area contributed by atoms with E-state index in [9.17, 15) is 13.2 Å². The largest absolute Gasteiger partial charge is 0.350 e. The predicted molar refractivity (Wildman–Crippen MR) is 94.2 cm³/mol. The lowest BCUT2D eigenvalue weighted by molar-refractivity contribution is -0.121. The predicted octanol–water partition coefficient (Wildman–Crippen LogP) is 0.151. The van der Waals surface area contributed by atoms with Crippen LogP contribution in [0.1, 0.15) is 37.1 Å². The van der Waals surface area contributed by atoms with Crippen molar-refractivity contribution in [3.8, 4) is 0 Å². The molecule has 2 aliphatic heterocycles. The molecule has 1 saturated heterocycles. The van der Waals surface area contributed by atoms with Gasteiger partial charge in [-0.1, -0.05) is 6.42 Å². The van der Waals surface area contributed by atoms with Crippen LogP contribution in [0.25, 0.3) is 0 Å². The fourth-order valence-corrected chi connectivity index (χ4v) is 4.17. The lowest BCUT2D eigenvalue weighted by Gasteiger charge is -2.25. The van der Waals surface area contributed by atoms with Gasteiger partial charge in [-0.25, -0.2) is 8.42 Å². The van der Waals surface area contributed by atoms with Gasteiger partial charge in [-0.15, -0.1) is 0 Å². The summed E-state index contributed by atoms with van der Waals surface area (Å²) in [4.78, 5) is 14.4. The highest BCUT2D eigenvalue weighted by Gasteiger charge is 2.24. The molecule has 3 heterocycles. The van der Waals surface area contributed by atoms with Gasteiger partial charge in [0.05, 0.1) is 37.3 Å². The number of sulfonamides is 1. The van der Waals surface area contributed by atoms with Crippen LogP contribution in [-0.2, 0) is 34.5 Å². The van der Waals surface area contributed by atoms with Crippen LogP contribution in [0, 0.1) is 0 Å². The first-order valence-electron chi connectivity index (χ1n) is 8.91. The molecule has 0 aliphatic carbocycles. The van der Waals surface area contributed by atoms with E-state index in [1.165, 1.54) is 29.8 Å². The Hall–Kier alpha value is -1.45. The van der Waals surface area contributed by atoms with E-state index in [-0.39, 0.29) is 5.91 Å². The second kappa shape index (κ2) is 7.84. The minimum absolute atomic E-state index is 0.0364. The first-order valence-corrected chi connectivity index (χ1v) is 10.8. The highest BCUT2D eigenvalue weighted by atomic mass is 32.2. The average molecular weight is 369 g/mol. The highest BCUT2D eigenvalue weighted by molar-refractivity contribution is 7.88. The first-order chi connectivity index (χ1) is 11.9. The van der Waals surface area contributed by atoms with Crippen molar-refractivity contribution in [2.24, 2.45) is 0 Å². The zero-order valence-electron chi connectivity index (χ0n) is 14.8. The number of piperidine rings is 1. The Balaban J connectivity index is 1.46. The number of carbonyl (C=O) groups is 1. The standard InChI is InChI=1S/C16H27N5O3S/c1-25(23,24)20-9-10-21-15(13-20)11-14(18-21)12-17-16(22)5-8-19-6-3-2-4-7-19/h11H,2-10,12-13H2,1H3,(H,17,22). The fourth-order valence-electron chi connectivity index (χ4n) is 3.39. The van der Waals surface area contributed by atoms with Crippen molar-refractivity contribution in [3.63, 3.8) is 0 Å². The van der Waals surface area contributed by atoms with Gasteiger partial charge in [0.2, 0.25) is 15.9 Å². The minimum atomic E-state index is -3.19. The quantitative estimate of drug-likeness (QED) is 0.771. The molecule has 1 N–H and O–H groups in total. The van der Waals surface area contributed by atoms with E-state index in [2.05, 4.69) is 15.3 Å². The molecule has 0 unspecified atom stereocenters. The van der Waals surface area contributed by atoms with Gasteiger partial charge in [0.15, 0.2) is 0 Å². The summed E-state index contributed by atoms with van der Waals surface area (Å²) in [5.74, 6) is 0.0364. The minimum Gasteiger partial charge on any atom is -0.350 e. The van der Waals surface area contributed by atoms with Crippen LogP contribution >= 0.6 is 0 Å². The number of amides is 1. The van der Waals surface area contributed by atoms with Crippen LogP contribution in [0.4, 0.5) is 0 Å². The van der Waals surface area contributed by atoms with Gasteiger partial charge in [-0.3, -0.25) is 9.48 Å². The molecule has 1 aromatic heterocycles. The topological polar surface area (TPSA) is 87.5 Å². The molecule has 1 amide bonds. The molecule has 2 aliphatic rings. The lowest BCUT2D eigenvalue weighted by Crippen LogP contribution is -2.37. The van der Waals surface area contributed by atoms with E-state index in [1.807, 2.05) is 10.7 Å². The van der Waals surface area contributed by atoms with Crippen molar-refractivity contribution in [1.29, 1.82) is 0 Å². The van der Waals surface area contributed by atoms with Crippen LogP contribution in [0.2, 0.25) is 0 Å². The Kier molecular flexibility index (Phi) is 5.75. The second-order valence-electron chi connectivity index (χ2n) is 6.88. The Morgan fingerprint density at radius 3 is 2.68 bits per heavy atom. The number of nitrogens with zero attached hydrogens (tertiary/aromatic N) is 4. The molecule has 0 radical (unpaired) electrons. The van der Waals surface area contributed by atoms with E-state index in [4.69, 9.17) is 0 Å². The summed E-state index contributed by atoms with van der Waals surface area (Å²) < 4.78 is 26.6.